The zero-order valence-corrected chi connectivity index (χ0v) is 21.4. The van der Waals surface area contributed by atoms with Crippen LogP contribution in [-0.2, 0) is 14.3 Å². The Balaban J connectivity index is 3.25. The highest BCUT2D eigenvalue weighted by Gasteiger charge is 2.38. The number of carbonyl (C=O) groups is 3. The molecular formula is C25H41N3O5. The fourth-order valence-electron chi connectivity index (χ4n) is 3.40. The zero-order valence-electron chi connectivity index (χ0n) is 21.4. The number of ether oxygens (including phenoxy) is 1. The van der Waals surface area contributed by atoms with Gasteiger partial charge >= 0.3 is 6.09 Å². The lowest BCUT2D eigenvalue weighted by Gasteiger charge is -2.41. The molecule has 33 heavy (non-hydrogen) atoms. The summed E-state index contributed by atoms with van der Waals surface area (Å²) in [4.78, 5) is 40.2. The Labute approximate surface area is 198 Å². The molecule has 8 heteroatoms. The summed E-state index contributed by atoms with van der Waals surface area (Å²) in [6.07, 6.45) is 2.16. The van der Waals surface area contributed by atoms with Gasteiger partial charge in [0.2, 0.25) is 11.8 Å². The Bertz CT molecular complexity index is 824. The number of alkyl carbamates (subject to hydrolysis) is 1. The molecule has 0 heterocycles. The van der Waals surface area contributed by atoms with Gasteiger partial charge in [-0.1, -0.05) is 25.8 Å². The van der Waals surface area contributed by atoms with Crippen LogP contribution < -0.4 is 10.6 Å². The molecule has 0 bridgehead atoms. The van der Waals surface area contributed by atoms with Gasteiger partial charge < -0.3 is 25.4 Å². The minimum atomic E-state index is -0.932. The van der Waals surface area contributed by atoms with Crippen LogP contribution in [0.3, 0.4) is 0 Å². The van der Waals surface area contributed by atoms with Crippen molar-refractivity contribution in [2.75, 3.05) is 13.1 Å². The Hall–Kier alpha value is -2.77. The number of amides is 3. The number of hydrogen-bond acceptors (Lipinski definition) is 5. The Kier molecular flexibility index (Phi) is 10.2. The van der Waals surface area contributed by atoms with Crippen molar-refractivity contribution in [3.05, 3.63) is 29.3 Å². The molecule has 0 aliphatic carbocycles. The quantitative estimate of drug-likeness (QED) is 0.476. The molecule has 3 amide bonds. The molecule has 0 aliphatic rings. The van der Waals surface area contributed by atoms with Gasteiger partial charge in [-0.3, -0.25) is 9.59 Å². The summed E-state index contributed by atoms with van der Waals surface area (Å²) in [5, 5.41) is 15.4. The Morgan fingerprint density at radius 2 is 1.70 bits per heavy atom. The van der Waals surface area contributed by atoms with E-state index in [0.29, 0.717) is 17.7 Å². The van der Waals surface area contributed by atoms with Crippen molar-refractivity contribution in [3.8, 4) is 5.75 Å². The molecule has 3 N–H and O–H groups in total. The average Bonchev–Trinajstić information content (AvgIpc) is 2.67. The number of aromatic hydroxyl groups is 1. The summed E-state index contributed by atoms with van der Waals surface area (Å²) in [6.45, 7) is 14.7. The van der Waals surface area contributed by atoms with E-state index in [4.69, 9.17) is 4.74 Å². The van der Waals surface area contributed by atoms with Gasteiger partial charge in [0.05, 0.1) is 0 Å². The van der Waals surface area contributed by atoms with Crippen molar-refractivity contribution in [2.45, 2.75) is 91.8 Å². The minimum Gasteiger partial charge on any atom is -0.508 e. The molecule has 0 fully saturated rings. The topological polar surface area (TPSA) is 108 Å². The van der Waals surface area contributed by atoms with E-state index >= 15 is 0 Å². The zero-order chi connectivity index (χ0) is 25.4. The maximum atomic E-state index is 13.3. The molecule has 186 valence electrons. The molecule has 1 atom stereocenters. The highest BCUT2D eigenvalue weighted by molar-refractivity contribution is 5.91. The lowest BCUT2D eigenvalue weighted by Crippen LogP contribution is -2.55. The molecule has 0 aliphatic heterocycles. The number of carbonyl (C=O) groups excluding carboxylic acids is 3. The van der Waals surface area contributed by atoms with Gasteiger partial charge in [-0.05, 0) is 78.1 Å². The number of phenolic OH excluding ortho intramolecular Hbond substituents is 1. The Morgan fingerprint density at radius 3 is 2.21 bits per heavy atom. The summed E-state index contributed by atoms with van der Waals surface area (Å²) in [6, 6.07) is 3.94. The van der Waals surface area contributed by atoms with E-state index in [9.17, 15) is 19.5 Å². The molecule has 0 saturated heterocycles. The highest BCUT2D eigenvalue weighted by atomic mass is 16.6. The van der Waals surface area contributed by atoms with Crippen molar-refractivity contribution < 1.29 is 24.2 Å². The second kappa shape index (κ2) is 11.9. The normalized spacial score (nSPS) is 12.6. The molecule has 0 spiro atoms. The van der Waals surface area contributed by atoms with Gasteiger partial charge in [0.15, 0.2) is 0 Å². The SMILES string of the molecule is CCCCCNC(=O)C(c1ccc(O)c(C)c1)N(C(=O)CNC(=O)OC(C)(C)C)C(C)(C)C. The predicted molar refractivity (Wildman–Crippen MR) is 129 cm³/mol. The predicted octanol–water partition coefficient (Wildman–Crippen LogP) is 4.20. The van der Waals surface area contributed by atoms with E-state index in [1.165, 1.54) is 11.0 Å². The fourth-order valence-corrected chi connectivity index (χ4v) is 3.40. The van der Waals surface area contributed by atoms with Crippen molar-refractivity contribution in [1.29, 1.82) is 0 Å². The summed E-state index contributed by atoms with van der Waals surface area (Å²) in [5.74, 6) is -0.620. The molecule has 1 aromatic carbocycles. The number of benzene rings is 1. The van der Waals surface area contributed by atoms with Crippen molar-refractivity contribution in [3.63, 3.8) is 0 Å². The number of aryl methyl sites for hydroxylation is 1. The number of nitrogens with zero attached hydrogens (tertiary/aromatic N) is 1. The summed E-state index contributed by atoms with van der Waals surface area (Å²) >= 11 is 0. The number of phenols is 1. The van der Waals surface area contributed by atoms with E-state index in [-0.39, 0.29) is 18.2 Å². The van der Waals surface area contributed by atoms with Crippen LogP contribution in [0.15, 0.2) is 18.2 Å². The van der Waals surface area contributed by atoms with E-state index in [1.54, 1.807) is 39.8 Å². The third kappa shape index (κ3) is 9.32. The first kappa shape index (κ1) is 28.3. The van der Waals surface area contributed by atoms with E-state index < -0.39 is 29.2 Å². The monoisotopic (exact) mass is 463 g/mol. The average molecular weight is 464 g/mol. The number of hydrogen-bond donors (Lipinski definition) is 3. The van der Waals surface area contributed by atoms with Crippen LogP contribution >= 0.6 is 0 Å². The third-order valence-electron chi connectivity index (χ3n) is 4.90. The van der Waals surface area contributed by atoms with Gasteiger partial charge in [0.1, 0.15) is 23.9 Å². The molecule has 0 aromatic heterocycles. The number of rotatable bonds is 9. The van der Waals surface area contributed by atoms with Gasteiger partial charge in [-0.15, -0.1) is 0 Å². The largest absolute Gasteiger partial charge is 0.508 e. The first-order valence-corrected chi connectivity index (χ1v) is 11.5. The van der Waals surface area contributed by atoms with Gasteiger partial charge in [-0.25, -0.2) is 4.79 Å². The van der Waals surface area contributed by atoms with Crippen LogP contribution in [0.4, 0.5) is 4.79 Å². The Morgan fingerprint density at radius 1 is 1.06 bits per heavy atom. The maximum Gasteiger partial charge on any atom is 0.408 e. The van der Waals surface area contributed by atoms with Crippen molar-refractivity contribution in [2.24, 2.45) is 0 Å². The van der Waals surface area contributed by atoms with Crippen LogP contribution in [0.5, 0.6) is 5.75 Å². The lowest BCUT2D eigenvalue weighted by molar-refractivity contribution is -0.145. The van der Waals surface area contributed by atoms with Gasteiger partial charge in [0.25, 0.3) is 0 Å². The third-order valence-corrected chi connectivity index (χ3v) is 4.90. The van der Waals surface area contributed by atoms with E-state index in [2.05, 4.69) is 17.6 Å². The molecule has 1 aromatic rings. The second-order valence-corrected chi connectivity index (χ2v) is 10.2. The second-order valence-electron chi connectivity index (χ2n) is 10.2. The highest BCUT2D eigenvalue weighted by Crippen LogP contribution is 2.31. The smallest absolute Gasteiger partial charge is 0.408 e. The molecule has 1 rings (SSSR count). The van der Waals surface area contributed by atoms with Crippen LogP contribution in [0.1, 0.15) is 84.9 Å². The molecular weight excluding hydrogens is 422 g/mol. The van der Waals surface area contributed by atoms with Crippen molar-refractivity contribution >= 4 is 17.9 Å². The summed E-state index contributed by atoms with van der Waals surface area (Å²) in [5.41, 5.74) is -0.242. The van der Waals surface area contributed by atoms with Gasteiger partial charge in [-0.2, -0.15) is 0 Å². The fraction of sp³-hybridized carbons (Fsp3) is 0.640. The summed E-state index contributed by atoms with van der Waals surface area (Å²) < 4.78 is 5.22. The maximum absolute atomic E-state index is 13.3. The lowest BCUT2D eigenvalue weighted by atomic mass is 9.95. The number of unbranched alkanes of at least 4 members (excludes halogenated alkanes) is 2. The molecule has 8 nitrogen and oxygen atoms in total. The first-order valence-electron chi connectivity index (χ1n) is 11.5. The molecule has 1 unspecified atom stereocenters. The molecule has 0 radical (unpaired) electrons. The van der Waals surface area contributed by atoms with Crippen LogP contribution in [0, 0.1) is 6.92 Å². The minimum absolute atomic E-state index is 0.112. The van der Waals surface area contributed by atoms with Gasteiger partial charge in [0, 0.05) is 12.1 Å². The van der Waals surface area contributed by atoms with Crippen LogP contribution in [0.2, 0.25) is 0 Å². The van der Waals surface area contributed by atoms with Crippen molar-refractivity contribution in [1.82, 2.24) is 15.5 Å². The standard InChI is InChI=1S/C25H41N3O5/c1-9-10-11-14-26-22(31)21(18-12-13-19(29)17(2)15-18)28(24(3,4)5)20(30)16-27-23(32)33-25(6,7)8/h12-13,15,21,29H,9-11,14,16H2,1-8H3,(H,26,31)(H,27,32). The van der Waals surface area contributed by atoms with E-state index in [0.717, 1.165) is 19.3 Å². The van der Waals surface area contributed by atoms with E-state index in [1.807, 2.05) is 20.8 Å². The van der Waals surface area contributed by atoms with Crippen LogP contribution in [-0.4, -0.2) is 52.1 Å². The van der Waals surface area contributed by atoms with Crippen LogP contribution in [0.25, 0.3) is 0 Å². The number of nitrogens with one attached hydrogen (secondary N) is 2. The molecule has 0 saturated carbocycles. The first-order chi connectivity index (χ1) is 15.2. The summed E-state index contributed by atoms with van der Waals surface area (Å²) in [7, 11) is 0.